The standard InChI is InChI=1S/C15H15N3O5S.Na/c1-6(20)11-8-2-7(12(15(22)23)18(8)14(11)21)13-9(4-19)17-5-16-3-10(17)24-13;/h3,5-6,8,11,19-20H,2,4H2,1H3,(H,22,23);/q;+1/p-1/t6-,8-,11-;/m1./s1. The normalized spacial score (nSPS) is 23.5. The van der Waals surface area contributed by atoms with E-state index in [0.717, 1.165) is 4.83 Å². The number of carbonyl (C=O) groups excluding carboxylic acids is 2. The van der Waals surface area contributed by atoms with E-state index in [1.807, 2.05) is 0 Å². The van der Waals surface area contributed by atoms with Crippen molar-refractivity contribution in [2.45, 2.75) is 32.1 Å². The third kappa shape index (κ3) is 2.49. The van der Waals surface area contributed by atoms with Gasteiger partial charge < -0.3 is 25.0 Å². The van der Waals surface area contributed by atoms with Gasteiger partial charge in [0.25, 0.3) is 0 Å². The molecule has 10 heteroatoms. The van der Waals surface area contributed by atoms with Gasteiger partial charge in [-0.05, 0) is 18.9 Å². The zero-order chi connectivity index (χ0) is 17.2. The number of carboxylic acids is 1. The summed E-state index contributed by atoms with van der Waals surface area (Å²) in [5, 5.41) is 31.1. The van der Waals surface area contributed by atoms with E-state index in [9.17, 15) is 24.9 Å². The number of thiazole rings is 1. The van der Waals surface area contributed by atoms with Crippen molar-refractivity contribution in [2.75, 3.05) is 0 Å². The van der Waals surface area contributed by atoms with E-state index >= 15 is 0 Å². The van der Waals surface area contributed by atoms with Crippen LogP contribution in [0.25, 0.3) is 10.4 Å². The molecule has 0 saturated carbocycles. The first kappa shape index (κ1) is 18.6. The molecule has 4 rings (SSSR count). The van der Waals surface area contributed by atoms with Gasteiger partial charge in [-0.2, -0.15) is 0 Å². The average molecular weight is 371 g/mol. The number of β-lactam (4-membered cyclic amide) rings is 1. The molecular formula is C15H14N3NaO5S. The van der Waals surface area contributed by atoms with Crippen molar-refractivity contribution in [3.05, 3.63) is 28.8 Å². The van der Waals surface area contributed by atoms with Crippen LogP contribution in [0.4, 0.5) is 0 Å². The smallest absolute Gasteiger partial charge is 0.543 e. The van der Waals surface area contributed by atoms with Gasteiger partial charge in [0.2, 0.25) is 5.91 Å². The van der Waals surface area contributed by atoms with E-state index < -0.39 is 23.9 Å². The summed E-state index contributed by atoms with van der Waals surface area (Å²) in [5.74, 6) is -2.44. The maximum absolute atomic E-state index is 12.2. The van der Waals surface area contributed by atoms with Crippen LogP contribution in [0, 0.1) is 5.92 Å². The number of nitrogens with zero attached hydrogens (tertiary/aromatic N) is 3. The van der Waals surface area contributed by atoms with E-state index in [-0.39, 0.29) is 47.9 Å². The number of amides is 1. The van der Waals surface area contributed by atoms with Crippen molar-refractivity contribution < 1.29 is 54.5 Å². The second-order valence-corrected chi connectivity index (χ2v) is 7.03. The summed E-state index contributed by atoms with van der Waals surface area (Å²) in [4.78, 5) is 30.5. The molecule has 0 spiro atoms. The first-order chi connectivity index (χ1) is 11.5. The Hall–Kier alpha value is -1.23. The van der Waals surface area contributed by atoms with Crippen LogP contribution in [0.15, 0.2) is 18.2 Å². The third-order valence-corrected chi connectivity index (χ3v) is 5.91. The zero-order valence-corrected chi connectivity index (χ0v) is 16.5. The molecule has 4 heterocycles. The van der Waals surface area contributed by atoms with Crippen LogP contribution in [0.5, 0.6) is 0 Å². The molecule has 2 aromatic heterocycles. The molecule has 0 unspecified atom stereocenters. The molecule has 126 valence electrons. The van der Waals surface area contributed by atoms with Gasteiger partial charge >= 0.3 is 29.6 Å². The molecule has 0 bridgehead atoms. The Morgan fingerprint density at radius 2 is 2.28 bits per heavy atom. The van der Waals surface area contributed by atoms with Gasteiger partial charge in [-0.15, -0.1) is 11.3 Å². The number of aliphatic hydroxyl groups is 2. The van der Waals surface area contributed by atoms with Gasteiger partial charge in [0, 0.05) is 0 Å². The maximum atomic E-state index is 12.2. The van der Waals surface area contributed by atoms with Crippen LogP contribution in [-0.4, -0.2) is 48.5 Å². The molecule has 2 aliphatic heterocycles. The van der Waals surface area contributed by atoms with Gasteiger partial charge in [0.15, 0.2) is 0 Å². The maximum Gasteiger partial charge on any atom is 1.00 e. The number of fused-ring (bicyclic) bond motifs is 2. The van der Waals surface area contributed by atoms with Crippen molar-refractivity contribution in [3.63, 3.8) is 0 Å². The molecule has 1 fully saturated rings. The second-order valence-electron chi connectivity index (χ2n) is 6.00. The topological polar surface area (TPSA) is 118 Å². The SMILES string of the molecule is C[C@@H](O)[C@H]1C(=O)N2C(C(=O)[O-])=C(c3sc4cncn4c3CO)C[C@H]12.[Na+]. The molecule has 0 radical (unpaired) electrons. The molecule has 1 amide bonds. The molecule has 2 N–H and O–H groups in total. The van der Waals surface area contributed by atoms with Crippen LogP contribution in [0.3, 0.4) is 0 Å². The summed E-state index contributed by atoms with van der Waals surface area (Å²) in [7, 11) is 0. The Kier molecular flexibility index (Phi) is 4.82. The molecular weight excluding hydrogens is 357 g/mol. The zero-order valence-electron chi connectivity index (χ0n) is 13.7. The number of carbonyl (C=O) groups is 2. The number of imidazole rings is 1. The summed E-state index contributed by atoms with van der Waals surface area (Å²) >= 11 is 1.31. The third-order valence-electron chi connectivity index (χ3n) is 4.71. The Morgan fingerprint density at radius 3 is 2.88 bits per heavy atom. The Bertz CT molecular complexity index is 902. The predicted molar refractivity (Wildman–Crippen MR) is 81.3 cm³/mol. The minimum Gasteiger partial charge on any atom is -0.543 e. The molecule has 1 saturated heterocycles. The minimum absolute atomic E-state index is 0. The van der Waals surface area contributed by atoms with E-state index in [1.54, 1.807) is 16.9 Å². The Morgan fingerprint density at radius 1 is 1.56 bits per heavy atom. The van der Waals surface area contributed by atoms with Gasteiger partial charge in [-0.1, -0.05) is 0 Å². The number of rotatable bonds is 4. The van der Waals surface area contributed by atoms with Crippen LogP contribution in [0.1, 0.15) is 23.9 Å². The second kappa shape index (κ2) is 6.49. The Balaban J connectivity index is 0.00000182. The number of hydrogen-bond donors (Lipinski definition) is 2. The summed E-state index contributed by atoms with van der Waals surface area (Å²) in [6, 6.07) is -0.383. The number of aliphatic hydroxyl groups excluding tert-OH is 2. The molecule has 0 aliphatic carbocycles. The van der Waals surface area contributed by atoms with E-state index in [4.69, 9.17) is 0 Å². The number of aliphatic carboxylic acids is 1. The van der Waals surface area contributed by atoms with Crippen molar-refractivity contribution in [1.82, 2.24) is 14.3 Å². The molecule has 8 nitrogen and oxygen atoms in total. The largest absolute Gasteiger partial charge is 1.00 e. The summed E-state index contributed by atoms with van der Waals surface area (Å²) in [5.41, 5.74) is 0.841. The summed E-state index contributed by atoms with van der Waals surface area (Å²) in [6.45, 7) is 1.24. The van der Waals surface area contributed by atoms with Gasteiger partial charge in [0.1, 0.15) is 11.2 Å². The first-order valence-corrected chi connectivity index (χ1v) is 8.28. The summed E-state index contributed by atoms with van der Waals surface area (Å²) < 4.78 is 1.70. The first-order valence-electron chi connectivity index (χ1n) is 7.46. The van der Waals surface area contributed by atoms with E-state index in [0.29, 0.717) is 22.6 Å². The molecule has 2 aliphatic rings. The molecule has 3 atom stereocenters. The number of carboxylic acid groups (broad SMARTS) is 1. The minimum atomic E-state index is -1.43. The van der Waals surface area contributed by atoms with Crippen molar-refractivity contribution in [2.24, 2.45) is 5.92 Å². The van der Waals surface area contributed by atoms with Crippen molar-refractivity contribution in [3.8, 4) is 0 Å². The fourth-order valence-corrected chi connectivity index (χ4v) is 4.84. The molecule has 0 aromatic carbocycles. The predicted octanol–water partition coefficient (Wildman–Crippen LogP) is -4.04. The Labute approximate surface area is 168 Å². The number of hydrogen-bond acceptors (Lipinski definition) is 7. The average Bonchev–Trinajstić information content (AvgIpc) is 3.15. The molecule has 2 aromatic rings. The van der Waals surface area contributed by atoms with E-state index in [2.05, 4.69) is 4.98 Å². The van der Waals surface area contributed by atoms with Crippen LogP contribution < -0.4 is 34.7 Å². The van der Waals surface area contributed by atoms with Crippen molar-refractivity contribution >= 4 is 33.6 Å². The van der Waals surface area contributed by atoms with Gasteiger partial charge in [-0.3, -0.25) is 9.20 Å². The summed E-state index contributed by atoms with van der Waals surface area (Å²) in [6.07, 6.45) is 2.64. The van der Waals surface area contributed by atoms with E-state index in [1.165, 1.54) is 23.2 Å². The fourth-order valence-electron chi connectivity index (χ4n) is 3.68. The quantitative estimate of drug-likeness (QED) is 0.417. The van der Waals surface area contributed by atoms with Gasteiger partial charge in [-0.25, -0.2) is 4.98 Å². The van der Waals surface area contributed by atoms with Crippen LogP contribution in [0.2, 0.25) is 0 Å². The molecule has 25 heavy (non-hydrogen) atoms. The fraction of sp³-hybridized carbons (Fsp3) is 0.400. The number of aromatic nitrogens is 2. The van der Waals surface area contributed by atoms with Crippen molar-refractivity contribution in [1.29, 1.82) is 0 Å². The van der Waals surface area contributed by atoms with Gasteiger partial charge in [0.05, 0.1) is 53.1 Å². The van der Waals surface area contributed by atoms with Crippen LogP contribution >= 0.6 is 11.3 Å². The van der Waals surface area contributed by atoms with Crippen LogP contribution in [-0.2, 0) is 16.2 Å². The monoisotopic (exact) mass is 371 g/mol.